The quantitative estimate of drug-likeness (QED) is 0.763. The van der Waals surface area contributed by atoms with Gasteiger partial charge in [0.1, 0.15) is 0 Å². The van der Waals surface area contributed by atoms with Crippen LogP contribution in [0.5, 0.6) is 0 Å². The molecule has 1 amide bonds. The molecule has 0 radical (unpaired) electrons. The van der Waals surface area contributed by atoms with Gasteiger partial charge in [0, 0.05) is 26.3 Å². The van der Waals surface area contributed by atoms with Crippen molar-refractivity contribution in [3.63, 3.8) is 0 Å². The van der Waals surface area contributed by atoms with Crippen molar-refractivity contribution < 1.29 is 4.79 Å². The Morgan fingerprint density at radius 1 is 1.50 bits per heavy atom. The molecule has 0 bridgehead atoms. The molecule has 0 saturated carbocycles. The summed E-state index contributed by atoms with van der Waals surface area (Å²) in [5.41, 5.74) is 2.39. The maximum Gasteiger partial charge on any atom is 0.246 e. The molecule has 1 aromatic rings. The summed E-state index contributed by atoms with van der Waals surface area (Å²) in [4.78, 5) is 15.8. The number of nitrogens with zero attached hydrogens (tertiary/aromatic N) is 2. The number of benzene rings is 1. The van der Waals surface area contributed by atoms with Crippen LogP contribution in [-0.2, 0) is 4.79 Å². The number of amides is 1. The highest BCUT2D eigenvalue weighted by Gasteiger charge is 2.28. The van der Waals surface area contributed by atoms with Gasteiger partial charge in [0.2, 0.25) is 5.91 Å². The molecule has 1 aliphatic rings. The average molecular weight is 244 g/mol. The van der Waals surface area contributed by atoms with Gasteiger partial charge in [0.15, 0.2) is 0 Å². The summed E-state index contributed by atoms with van der Waals surface area (Å²) in [5, 5.41) is 0. The van der Waals surface area contributed by atoms with Gasteiger partial charge in [-0.2, -0.15) is 0 Å². The van der Waals surface area contributed by atoms with Crippen LogP contribution in [0.2, 0.25) is 0 Å². The summed E-state index contributed by atoms with van der Waals surface area (Å²) in [7, 11) is 4.06. The predicted octanol–water partition coefficient (Wildman–Crippen LogP) is 2.60. The number of carbonyl (C=O) groups is 1. The van der Waals surface area contributed by atoms with Crippen LogP contribution >= 0.6 is 0 Å². The van der Waals surface area contributed by atoms with E-state index in [1.165, 1.54) is 17.3 Å². The lowest BCUT2D eigenvalue weighted by Crippen LogP contribution is -2.28. The first-order valence-electron chi connectivity index (χ1n) is 6.34. The Morgan fingerprint density at radius 3 is 2.94 bits per heavy atom. The van der Waals surface area contributed by atoms with Crippen LogP contribution in [0.25, 0.3) is 0 Å². The fourth-order valence-corrected chi connectivity index (χ4v) is 2.50. The van der Waals surface area contributed by atoms with Crippen LogP contribution in [0.1, 0.15) is 24.4 Å². The van der Waals surface area contributed by atoms with Gasteiger partial charge in [-0.3, -0.25) is 4.79 Å². The van der Waals surface area contributed by atoms with E-state index in [4.69, 9.17) is 0 Å². The second kappa shape index (κ2) is 5.25. The largest absolute Gasteiger partial charge is 0.378 e. The van der Waals surface area contributed by atoms with Gasteiger partial charge in [-0.05, 0) is 36.6 Å². The molecule has 0 aliphatic carbocycles. The Bertz CT molecular complexity index is 454. The maximum absolute atomic E-state index is 11.8. The summed E-state index contributed by atoms with van der Waals surface area (Å²) < 4.78 is 0. The zero-order valence-electron chi connectivity index (χ0n) is 11.1. The molecule has 1 atom stereocenters. The number of anilines is 1. The van der Waals surface area contributed by atoms with Gasteiger partial charge in [0.05, 0.1) is 6.04 Å². The van der Waals surface area contributed by atoms with E-state index in [-0.39, 0.29) is 11.9 Å². The SMILES string of the molecule is C=CC(=O)N1CCCC1c1cccc(N(C)C)c1. The maximum atomic E-state index is 11.8. The minimum atomic E-state index is 0.0350. The molecule has 1 heterocycles. The molecule has 1 aliphatic heterocycles. The van der Waals surface area contributed by atoms with Crippen LogP contribution in [0.15, 0.2) is 36.9 Å². The molecule has 0 aromatic heterocycles. The number of likely N-dealkylation sites (tertiary alicyclic amines) is 1. The van der Waals surface area contributed by atoms with Crippen molar-refractivity contribution in [1.82, 2.24) is 4.90 Å². The molecule has 18 heavy (non-hydrogen) atoms. The molecule has 96 valence electrons. The van der Waals surface area contributed by atoms with Gasteiger partial charge in [-0.1, -0.05) is 18.7 Å². The third-order valence-corrected chi connectivity index (χ3v) is 3.48. The Labute approximate surface area is 109 Å². The molecular weight excluding hydrogens is 224 g/mol. The lowest BCUT2D eigenvalue weighted by atomic mass is 10.0. The molecule has 1 saturated heterocycles. The van der Waals surface area contributed by atoms with E-state index in [0.29, 0.717) is 0 Å². The van der Waals surface area contributed by atoms with Crippen LogP contribution in [0.4, 0.5) is 5.69 Å². The van der Waals surface area contributed by atoms with Gasteiger partial charge in [0.25, 0.3) is 0 Å². The van der Waals surface area contributed by atoms with Gasteiger partial charge >= 0.3 is 0 Å². The van der Waals surface area contributed by atoms with Crippen molar-refractivity contribution in [3.8, 4) is 0 Å². The minimum absolute atomic E-state index is 0.0350. The van der Waals surface area contributed by atoms with Crippen molar-refractivity contribution in [3.05, 3.63) is 42.5 Å². The van der Waals surface area contributed by atoms with Crippen LogP contribution in [0, 0.1) is 0 Å². The van der Waals surface area contributed by atoms with Crippen LogP contribution in [0.3, 0.4) is 0 Å². The Hall–Kier alpha value is -1.77. The van der Waals surface area contributed by atoms with Crippen molar-refractivity contribution >= 4 is 11.6 Å². The van der Waals surface area contributed by atoms with E-state index < -0.39 is 0 Å². The summed E-state index contributed by atoms with van der Waals surface area (Å²) >= 11 is 0. The average Bonchev–Trinajstić information content (AvgIpc) is 2.87. The van der Waals surface area contributed by atoms with Crippen molar-refractivity contribution in [2.45, 2.75) is 18.9 Å². The topological polar surface area (TPSA) is 23.6 Å². The first-order valence-corrected chi connectivity index (χ1v) is 6.34. The van der Waals surface area contributed by atoms with Gasteiger partial charge in [-0.25, -0.2) is 0 Å². The molecule has 3 heteroatoms. The molecule has 1 fully saturated rings. The zero-order chi connectivity index (χ0) is 13.1. The highest BCUT2D eigenvalue weighted by molar-refractivity contribution is 5.87. The van der Waals surface area contributed by atoms with Crippen molar-refractivity contribution in [2.75, 3.05) is 25.5 Å². The second-order valence-corrected chi connectivity index (χ2v) is 4.88. The van der Waals surface area contributed by atoms with E-state index >= 15 is 0 Å². The van der Waals surface area contributed by atoms with Gasteiger partial charge < -0.3 is 9.80 Å². The Kier molecular flexibility index (Phi) is 3.70. The first-order chi connectivity index (χ1) is 8.63. The minimum Gasteiger partial charge on any atom is -0.378 e. The first kappa shape index (κ1) is 12.7. The molecule has 0 N–H and O–H groups in total. The summed E-state index contributed by atoms with van der Waals surface area (Å²) in [6, 6.07) is 8.61. The van der Waals surface area contributed by atoms with Crippen LogP contribution in [-0.4, -0.2) is 31.4 Å². The lowest BCUT2D eigenvalue weighted by Gasteiger charge is -2.25. The number of hydrogen-bond donors (Lipinski definition) is 0. The second-order valence-electron chi connectivity index (χ2n) is 4.88. The molecular formula is C15H20N2O. The smallest absolute Gasteiger partial charge is 0.246 e. The number of carbonyl (C=O) groups excluding carboxylic acids is 1. The molecule has 2 rings (SSSR count). The molecule has 1 unspecified atom stereocenters. The van der Waals surface area contributed by atoms with Crippen molar-refractivity contribution in [2.24, 2.45) is 0 Å². The lowest BCUT2D eigenvalue weighted by molar-refractivity contribution is -0.126. The number of rotatable bonds is 3. The van der Waals surface area contributed by atoms with Crippen LogP contribution < -0.4 is 4.90 Å². The van der Waals surface area contributed by atoms with E-state index in [0.717, 1.165) is 19.4 Å². The predicted molar refractivity (Wildman–Crippen MR) is 74.7 cm³/mol. The molecule has 3 nitrogen and oxygen atoms in total. The third-order valence-electron chi connectivity index (χ3n) is 3.48. The standard InChI is InChI=1S/C15H20N2O/c1-4-15(18)17-10-6-9-14(17)12-7-5-8-13(11-12)16(2)3/h4-5,7-8,11,14H,1,6,9-10H2,2-3H3. The summed E-state index contributed by atoms with van der Waals surface area (Å²) in [6.45, 7) is 4.41. The van der Waals surface area contributed by atoms with E-state index in [9.17, 15) is 4.79 Å². The fourth-order valence-electron chi connectivity index (χ4n) is 2.50. The zero-order valence-corrected chi connectivity index (χ0v) is 11.1. The summed E-state index contributed by atoms with van der Waals surface area (Å²) in [6.07, 6.45) is 3.51. The highest BCUT2D eigenvalue weighted by atomic mass is 16.2. The fraction of sp³-hybridized carbons (Fsp3) is 0.400. The monoisotopic (exact) mass is 244 g/mol. The third kappa shape index (κ3) is 2.40. The number of hydrogen-bond acceptors (Lipinski definition) is 2. The molecule has 1 aromatic carbocycles. The summed E-state index contributed by atoms with van der Waals surface area (Å²) in [5.74, 6) is 0.0350. The Balaban J connectivity index is 2.27. The Morgan fingerprint density at radius 2 is 2.28 bits per heavy atom. The van der Waals surface area contributed by atoms with E-state index in [2.05, 4.69) is 35.7 Å². The van der Waals surface area contributed by atoms with E-state index in [1.807, 2.05) is 19.0 Å². The van der Waals surface area contributed by atoms with Crippen molar-refractivity contribution in [1.29, 1.82) is 0 Å². The van der Waals surface area contributed by atoms with Gasteiger partial charge in [-0.15, -0.1) is 0 Å². The normalized spacial score (nSPS) is 18.8. The van der Waals surface area contributed by atoms with E-state index in [1.54, 1.807) is 0 Å². The highest BCUT2D eigenvalue weighted by Crippen LogP contribution is 2.33. The molecule has 0 spiro atoms.